The fourth-order valence-electron chi connectivity index (χ4n) is 2.67. The molecule has 0 radical (unpaired) electrons. The molecule has 0 aromatic heterocycles. The predicted octanol–water partition coefficient (Wildman–Crippen LogP) is 5.36. The number of hydrogen-bond donors (Lipinski definition) is 1. The number of hydrogen-bond acceptors (Lipinski definition) is 3. The summed E-state index contributed by atoms with van der Waals surface area (Å²) in [7, 11) is 0. The highest BCUT2D eigenvalue weighted by Gasteiger charge is 2.27. The van der Waals surface area contributed by atoms with Crippen LogP contribution in [0.3, 0.4) is 0 Å². The molecule has 0 bridgehead atoms. The Morgan fingerprint density at radius 1 is 1.07 bits per heavy atom. The minimum atomic E-state index is -0.729. The number of carbonyl (C=O) groups is 2. The van der Waals surface area contributed by atoms with Gasteiger partial charge in [0.15, 0.2) is 6.61 Å². The summed E-state index contributed by atoms with van der Waals surface area (Å²) in [6, 6.07) is 11.2. The molecule has 162 valence electrons. The molecule has 2 amide bonds. The Morgan fingerprint density at radius 2 is 1.77 bits per heavy atom. The van der Waals surface area contributed by atoms with E-state index < -0.39 is 6.04 Å². The van der Waals surface area contributed by atoms with Crippen LogP contribution in [0.15, 0.2) is 42.5 Å². The molecule has 8 heteroatoms. The maximum absolute atomic E-state index is 13.0. The zero-order valence-electron chi connectivity index (χ0n) is 17.1. The maximum Gasteiger partial charge on any atom is 0.261 e. The molecule has 30 heavy (non-hydrogen) atoms. The van der Waals surface area contributed by atoms with Gasteiger partial charge < -0.3 is 15.0 Å². The lowest BCUT2D eigenvalue weighted by molar-refractivity contribution is -0.142. The van der Waals surface area contributed by atoms with Gasteiger partial charge in [-0.2, -0.15) is 0 Å². The number of para-hydroxylation sites is 1. The standard InChI is InChI=1S/C22H25Cl3N2O3/c1-4-14(2)26-22(29)15(3)27(12-16-9-10-17(23)11-19(16)25)21(28)13-30-20-8-6-5-7-18(20)24/h5-11,14-15H,4,12-13H2,1-3H3,(H,26,29)/t14-,15+/m0/s1. The monoisotopic (exact) mass is 470 g/mol. The van der Waals surface area contributed by atoms with Gasteiger partial charge in [0, 0.05) is 22.6 Å². The summed E-state index contributed by atoms with van der Waals surface area (Å²) in [4.78, 5) is 27.1. The van der Waals surface area contributed by atoms with Crippen LogP contribution in [-0.4, -0.2) is 35.4 Å². The molecule has 0 saturated heterocycles. The molecule has 2 rings (SSSR count). The minimum Gasteiger partial charge on any atom is -0.482 e. The Morgan fingerprint density at radius 3 is 2.40 bits per heavy atom. The van der Waals surface area contributed by atoms with Gasteiger partial charge in [0.2, 0.25) is 5.91 Å². The van der Waals surface area contributed by atoms with Gasteiger partial charge in [-0.25, -0.2) is 0 Å². The number of benzene rings is 2. The quantitative estimate of drug-likeness (QED) is 0.536. The molecular formula is C22H25Cl3N2O3. The zero-order chi connectivity index (χ0) is 22.3. The van der Waals surface area contributed by atoms with E-state index in [4.69, 9.17) is 39.5 Å². The molecule has 0 heterocycles. The molecule has 5 nitrogen and oxygen atoms in total. The summed E-state index contributed by atoms with van der Waals surface area (Å²) in [5.74, 6) is -0.220. The van der Waals surface area contributed by atoms with E-state index in [-0.39, 0.29) is 31.0 Å². The fourth-order valence-corrected chi connectivity index (χ4v) is 3.32. The number of halogens is 3. The molecule has 0 fully saturated rings. The second-order valence-corrected chi connectivity index (χ2v) is 8.22. The number of ether oxygens (including phenoxy) is 1. The van der Waals surface area contributed by atoms with Crippen molar-refractivity contribution in [2.45, 2.75) is 45.8 Å². The smallest absolute Gasteiger partial charge is 0.261 e. The van der Waals surface area contributed by atoms with Gasteiger partial charge in [0.05, 0.1) is 5.02 Å². The van der Waals surface area contributed by atoms with Crippen molar-refractivity contribution >= 4 is 46.6 Å². The van der Waals surface area contributed by atoms with Gasteiger partial charge in [0.25, 0.3) is 5.91 Å². The van der Waals surface area contributed by atoms with Gasteiger partial charge in [-0.1, -0.05) is 59.9 Å². The Bertz CT molecular complexity index is 892. The zero-order valence-corrected chi connectivity index (χ0v) is 19.4. The van der Waals surface area contributed by atoms with Crippen LogP contribution in [0.1, 0.15) is 32.8 Å². The van der Waals surface area contributed by atoms with Gasteiger partial charge >= 0.3 is 0 Å². The van der Waals surface area contributed by atoms with Gasteiger partial charge in [-0.15, -0.1) is 0 Å². The molecule has 0 aliphatic carbocycles. The number of nitrogens with one attached hydrogen (secondary N) is 1. The molecule has 0 aliphatic heterocycles. The lowest BCUT2D eigenvalue weighted by Crippen LogP contribution is -2.50. The van der Waals surface area contributed by atoms with Crippen molar-refractivity contribution in [3.05, 3.63) is 63.1 Å². The molecule has 0 saturated carbocycles. The highest BCUT2D eigenvalue weighted by Crippen LogP contribution is 2.25. The molecule has 1 N–H and O–H groups in total. The van der Waals surface area contributed by atoms with Crippen molar-refractivity contribution < 1.29 is 14.3 Å². The first-order chi connectivity index (χ1) is 14.2. The van der Waals surface area contributed by atoms with E-state index in [1.165, 1.54) is 4.90 Å². The van der Waals surface area contributed by atoms with E-state index in [1.54, 1.807) is 49.4 Å². The normalized spacial score (nSPS) is 12.7. The lowest BCUT2D eigenvalue weighted by Gasteiger charge is -2.30. The fraction of sp³-hybridized carbons (Fsp3) is 0.364. The first-order valence-electron chi connectivity index (χ1n) is 9.64. The van der Waals surface area contributed by atoms with E-state index >= 15 is 0 Å². The minimum absolute atomic E-state index is 0.00426. The lowest BCUT2D eigenvalue weighted by atomic mass is 10.1. The third-order valence-electron chi connectivity index (χ3n) is 4.71. The third-order valence-corrected chi connectivity index (χ3v) is 5.61. The van der Waals surface area contributed by atoms with Crippen molar-refractivity contribution in [2.24, 2.45) is 0 Å². The van der Waals surface area contributed by atoms with Crippen molar-refractivity contribution in [1.82, 2.24) is 10.2 Å². The molecule has 2 aromatic rings. The third kappa shape index (κ3) is 6.79. The summed E-state index contributed by atoms with van der Waals surface area (Å²) in [5, 5.41) is 4.22. The van der Waals surface area contributed by atoms with Crippen LogP contribution in [0.25, 0.3) is 0 Å². The first-order valence-corrected chi connectivity index (χ1v) is 10.8. The van der Waals surface area contributed by atoms with E-state index in [0.29, 0.717) is 26.4 Å². The average molecular weight is 472 g/mol. The van der Waals surface area contributed by atoms with E-state index in [2.05, 4.69) is 5.32 Å². The SMILES string of the molecule is CC[C@H](C)NC(=O)[C@@H](C)N(Cc1ccc(Cl)cc1Cl)C(=O)COc1ccccc1Cl. The van der Waals surface area contributed by atoms with Crippen LogP contribution in [-0.2, 0) is 16.1 Å². The van der Waals surface area contributed by atoms with Crippen LogP contribution in [0.2, 0.25) is 15.1 Å². The number of rotatable bonds is 9. The maximum atomic E-state index is 13.0. The molecular weight excluding hydrogens is 447 g/mol. The molecule has 2 atom stereocenters. The van der Waals surface area contributed by atoms with Crippen molar-refractivity contribution in [2.75, 3.05) is 6.61 Å². The average Bonchev–Trinajstić information content (AvgIpc) is 2.71. The number of amides is 2. The molecule has 0 aliphatic rings. The van der Waals surface area contributed by atoms with Gasteiger partial charge in [-0.05, 0) is 50.1 Å². The Hall–Kier alpha value is -1.95. The predicted molar refractivity (Wildman–Crippen MR) is 121 cm³/mol. The summed E-state index contributed by atoms with van der Waals surface area (Å²) < 4.78 is 5.59. The largest absolute Gasteiger partial charge is 0.482 e. The molecule has 0 unspecified atom stereocenters. The van der Waals surface area contributed by atoms with Crippen LogP contribution in [0, 0.1) is 0 Å². The van der Waals surface area contributed by atoms with E-state index in [1.807, 2.05) is 13.8 Å². The summed E-state index contributed by atoms with van der Waals surface area (Å²) in [6.07, 6.45) is 0.783. The van der Waals surface area contributed by atoms with Crippen molar-refractivity contribution in [1.29, 1.82) is 0 Å². The van der Waals surface area contributed by atoms with Crippen LogP contribution in [0.5, 0.6) is 5.75 Å². The van der Waals surface area contributed by atoms with E-state index in [0.717, 1.165) is 6.42 Å². The Kier molecular flexibility index (Phi) is 9.28. The van der Waals surface area contributed by atoms with Crippen LogP contribution < -0.4 is 10.1 Å². The van der Waals surface area contributed by atoms with Crippen molar-refractivity contribution in [3.63, 3.8) is 0 Å². The molecule has 2 aromatic carbocycles. The molecule has 0 spiro atoms. The Labute approximate surface area is 192 Å². The van der Waals surface area contributed by atoms with Crippen LogP contribution >= 0.6 is 34.8 Å². The second-order valence-electron chi connectivity index (χ2n) is 6.97. The second kappa shape index (κ2) is 11.4. The van der Waals surface area contributed by atoms with E-state index in [9.17, 15) is 9.59 Å². The van der Waals surface area contributed by atoms with Gasteiger partial charge in [-0.3, -0.25) is 9.59 Å². The van der Waals surface area contributed by atoms with Gasteiger partial charge in [0.1, 0.15) is 11.8 Å². The summed E-state index contributed by atoms with van der Waals surface area (Å²) in [5.41, 5.74) is 0.676. The highest BCUT2D eigenvalue weighted by atomic mass is 35.5. The summed E-state index contributed by atoms with van der Waals surface area (Å²) in [6.45, 7) is 5.43. The number of carbonyl (C=O) groups excluding carboxylic acids is 2. The number of nitrogens with zero attached hydrogens (tertiary/aromatic N) is 1. The summed E-state index contributed by atoms with van der Waals surface area (Å²) >= 11 is 18.4. The van der Waals surface area contributed by atoms with Crippen LogP contribution in [0.4, 0.5) is 0 Å². The topological polar surface area (TPSA) is 58.6 Å². The highest BCUT2D eigenvalue weighted by molar-refractivity contribution is 6.35. The van der Waals surface area contributed by atoms with Crippen molar-refractivity contribution in [3.8, 4) is 5.75 Å². The Balaban J connectivity index is 2.21. The first kappa shape index (κ1) is 24.3.